The fourth-order valence-electron chi connectivity index (χ4n) is 1.45. The summed E-state index contributed by atoms with van der Waals surface area (Å²) in [6.07, 6.45) is 10.7. The first-order valence-corrected chi connectivity index (χ1v) is 6.04. The molecule has 1 aromatic rings. The molecule has 1 nitrogen and oxygen atoms in total. The highest BCUT2D eigenvalue weighted by atomic mass is 79.9. The van der Waals surface area contributed by atoms with Crippen molar-refractivity contribution in [2.24, 2.45) is 0 Å². The number of hydrogen-bond acceptors (Lipinski definition) is 1. The van der Waals surface area contributed by atoms with Crippen molar-refractivity contribution in [1.82, 2.24) is 4.98 Å². The Hall–Kier alpha value is -0.410. The molecule has 1 aromatic heterocycles. The zero-order valence-corrected chi connectivity index (χ0v) is 10.7. The quantitative estimate of drug-likeness (QED) is 0.703. The molecule has 0 N–H and O–H groups in total. The van der Waals surface area contributed by atoms with Crippen LogP contribution >= 0.6 is 31.9 Å². The lowest BCUT2D eigenvalue weighted by atomic mass is 10.0. The smallest absolute Gasteiger partial charge is 0.106 e. The van der Waals surface area contributed by atoms with Gasteiger partial charge >= 0.3 is 0 Å². The Labute approximate surface area is 100 Å². The van der Waals surface area contributed by atoms with E-state index in [1.165, 1.54) is 11.1 Å². The van der Waals surface area contributed by atoms with Gasteiger partial charge in [0, 0.05) is 10.7 Å². The summed E-state index contributed by atoms with van der Waals surface area (Å²) < 4.78 is 1.91. The monoisotopic (exact) mass is 313 g/mol. The van der Waals surface area contributed by atoms with Crippen LogP contribution in [0.5, 0.6) is 0 Å². The molecule has 1 heterocycles. The summed E-state index contributed by atoms with van der Waals surface area (Å²) in [5.74, 6) is 0. The van der Waals surface area contributed by atoms with Crippen molar-refractivity contribution in [3.63, 3.8) is 0 Å². The SMILES string of the molecule is Brc1cc(C2=CCCC=C2)c(Br)cn1. The van der Waals surface area contributed by atoms with Crippen LogP contribution in [0.1, 0.15) is 18.4 Å². The topological polar surface area (TPSA) is 12.9 Å². The Bertz CT molecular complexity index is 408. The molecule has 0 fully saturated rings. The van der Waals surface area contributed by atoms with Gasteiger partial charge in [0.15, 0.2) is 0 Å². The maximum atomic E-state index is 4.15. The van der Waals surface area contributed by atoms with E-state index in [1.807, 2.05) is 12.3 Å². The van der Waals surface area contributed by atoms with Crippen molar-refractivity contribution in [2.75, 3.05) is 0 Å². The summed E-state index contributed by atoms with van der Waals surface area (Å²) in [4.78, 5) is 4.15. The van der Waals surface area contributed by atoms with E-state index in [4.69, 9.17) is 0 Å². The van der Waals surface area contributed by atoms with E-state index in [1.54, 1.807) is 0 Å². The fourth-order valence-corrected chi connectivity index (χ4v) is 2.22. The zero-order chi connectivity index (χ0) is 9.97. The summed E-state index contributed by atoms with van der Waals surface area (Å²) in [7, 11) is 0. The fraction of sp³-hybridized carbons (Fsp3) is 0.182. The summed E-state index contributed by atoms with van der Waals surface area (Å²) in [5, 5.41) is 0. The minimum Gasteiger partial charge on any atom is -0.248 e. The van der Waals surface area contributed by atoms with Crippen molar-refractivity contribution in [3.05, 3.63) is 45.1 Å². The average Bonchev–Trinajstić information content (AvgIpc) is 2.23. The first-order valence-electron chi connectivity index (χ1n) is 4.45. The van der Waals surface area contributed by atoms with Gasteiger partial charge in [0.2, 0.25) is 0 Å². The predicted octanol–water partition coefficient (Wildman–Crippen LogP) is 4.34. The van der Waals surface area contributed by atoms with Crippen LogP contribution in [0.3, 0.4) is 0 Å². The number of aromatic nitrogens is 1. The van der Waals surface area contributed by atoms with Crippen LogP contribution in [0, 0.1) is 0 Å². The summed E-state index contributed by atoms with van der Waals surface area (Å²) in [6.45, 7) is 0. The standard InChI is InChI=1S/C11H9Br2N/c12-10-7-14-11(13)6-9(10)8-4-2-1-3-5-8/h2,4-7H,1,3H2. The van der Waals surface area contributed by atoms with Gasteiger partial charge < -0.3 is 0 Å². The van der Waals surface area contributed by atoms with Crippen LogP contribution in [-0.4, -0.2) is 4.98 Å². The lowest BCUT2D eigenvalue weighted by Crippen LogP contribution is -1.89. The molecule has 3 heteroatoms. The summed E-state index contributed by atoms with van der Waals surface area (Å²) in [6, 6.07) is 2.03. The van der Waals surface area contributed by atoms with Crippen LogP contribution in [0.25, 0.3) is 5.57 Å². The van der Waals surface area contributed by atoms with E-state index in [0.29, 0.717) is 0 Å². The average molecular weight is 315 g/mol. The molecule has 0 unspecified atom stereocenters. The number of allylic oxidation sites excluding steroid dienone is 4. The molecule has 0 saturated carbocycles. The summed E-state index contributed by atoms with van der Waals surface area (Å²) >= 11 is 6.89. The van der Waals surface area contributed by atoms with Gasteiger partial charge in [-0.05, 0) is 61.9 Å². The maximum absolute atomic E-state index is 4.15. The lowest BCUT2D eigenvalue weighted by molar-refractivity contribution is 1.04. The van der Waals surface area contributed by atoms with Crippen LogP contribution in [0.4, 0.5) is 0 Å². The third-order valence-electron chi connectivity index (χ3n) is 2.13. The van der Waals surface area contributed by atoms with Gasteiger partial charge in [0.05, 0.1) is 0 Å². The number of hydrogen-bond donors (Lipinski definition) is 0. The third kappa shape index (κ3) is 2.15. The Morgan fingerprint density at radius 1 is 1.21 bits per heavy atom. The van der Waals surface area contributed by atoms with Crippen molar-refractivity contribution < 1.29 is 0 Å². The van der Waals surface area contributed by atoms with E-state index in [9.17, 15) is 0 Å². The van der Waals surface area contributed by atoms with Gasteiger partial charge in [0.1, 0.15) is 4.60 Å². The molecule has 72 valence electrons. The van der Waals surface area contributed by atoms with Crippen LogP contribution in [-0.2, 0) is 0 Å². The van der Waals surface area contributed by atoms with E-state index < -0.39 is 0 Å². The molecule has 0 aliphatic heterocycles. The highest BCUT2D eigenvalue weighted by Crippen LogP contribution is 2.29. The lowest BCUT2D eigenvalue weighted by Gasteiger charge is -2.09. The van der Waals surface area contributed by atoms with Crippen LogP contribution in [0.15, 0.2) is 39.6 Å². The first-order chi connectivity index (χ1) is 6.77. The number of pyridine rings is 1. The number of halogens is 2. The molecule has 1 aliphatic rings. The van der Waals surface area contributed by atoms with Gasteiger partial charge in [-0.25, -0.2) is 4.98 Å². The highest BCUT2D eigenvalue weighted by molar-refractivity contribution is 9.11. The van der Waals surface area contributed by atoms with Crippen molar-refractivity contribution in [2.45, 2.75) is 12.8 Å². The zero-order valence-electron chi connectivity index (χ0n) is 7.50. The molecule has 2 rings (SSSR count). The van der Waals surface area contributed by atoms with E-state index in [-0.39, 0.29) is 0 Å². The number of nitrogens with zero attached hydrogens (tertiary/aromatic N) is 1. The molecule has 0 bridgehead atoms. The van der Waals surface area contributed by atoms with Gasteiger partial charge in [0.25, 0.3) is 0 Å². The Balaban J connectivity index is 2.44. The van der Waals surface area contributed by atoms with Crippen LogP contribution in [0.2, 0.25) is 0 Å². The van der Waals surface area contributed by atoms with Crippen molar-refractivity contribution in [1.29, 1.82) is 0 Å². The predicted molar refractivity (Wildman–Crippen MR) is 66.0 cm³/mol. The van der Waals surface area contributed by atoms with Gasteiger partial charge in [-0.15, -0.1) is 0 Å². The molecule has 0 atom stereocenters. The third-order valence-corrected chi connectivity index (χ3v) is 3.19. The molecule has 0 radical (unpaired) electrons. The second-order valence-electron chi connectivity index (χ2n) is 3.13. The Morgan fingerprint density at radius 2 is 2.07 bits per heavy atom. The second-order valence-corrected chi connectivity index (χ2v) is 4.79. The number of rotatable bonds is 1. The maximum Gasteiger partial charge on any atom is 0.106 e. The Morgan fingerprint density at radius 3 is 2.79 bits per heavy atom. The molecular weight excluding hydrogens is 306 g/mol. The molecular formula is C11H9Br2N. The molecule has 0 aromatic carbocycles. The first kappa shape index (κ1) is 10.1. The van der Waals surface area contributed by atoms with E-state index in [2.05, 4.69) is 55.1 Å². The normalized spacial score (nSPS) is 15.4. The minimum absolute atomic E-state index is 0.871. The van der Waals surface area contributed by atoms with E-state index in [0.717, 1.165) is 21.9 Å². The molecule has 0 saturated heterocycles. The van der Waals surface area contributed by atoms with Crippen molar-refractivity contribution >= 4 is 37.4 Å². The van der Waals surface area contributed by atoms with Gasteiger partial charge in [-0.1, -0.05) is 18.2 Å². The highest BCUT2D eigenvalue weighted by Gasteiger charge is 2.06. The van der Waals surface area contributed by atoms with Crippen LogP contribution < -0.4 is 0 Å². The Kier molecular flexibility index (Phi) is 3.19. The van der Waals surface area contributed by atoms with Gasteiger partial charge in [-0.3, -0.25) is 0 Å². The van der Waals surface area contributed by atoms with E-state index >= 15 is 0 Å². The van der Waals surface area contributed by atoms with Gasteiger partial charge in [-0.2, -0.15) is 0 Å². The molecule has 14 heavy (non-hydrogen) atoms. The minimum atomic E-state index is 0.871. The molecule has 0 spiro atoms. The largest absolute Gasteiger partial charge is 0.248 e. The molecule has 1 aliphatic carbocycles. The molecule has 0 amide bonds. The van der Waals surface area contributed by atoms with Crippen molar-refractivity contribution in [3.8, 4) is 0 Å². The summed E-state index contributed by atoms with van der Waals surface area (Å²) in [5.41, 5.74) is 2.47. The second kappa shape index (κ2) is 4.41.